The third-order valence-corrected chi connectivity index (χ3v) is 2.02. The highest BCUT2D eigenvalue weighted by atomic mass is 16.6. The zero-order chi connectivity index (χ0) is 12.7. The lowest BCUT2D eigenvalue weighted by atomic mass is 10.1. The Morgan fingerprint density at radius 3 is 0.933 bits per heavy atom. The summed E-state index contributed by atoms with van der Waals surface area (Å²) in [5.74, 6) is -3.95. The SMILES string of the molecule is CC(N)(N)C(N)(N)OC(N)(N)C(C)(N)N. The molecule has 0 amide bonds. The van der Waals surface area contributed by atoms with Crippen LogP contribution in [0.4, 0.5) is 0 Å². The minimum atomic E-state index is -1.98. The first-order chi connectivity index (χ1) is 6.21. The summed E-state index contributed by atoms with van der Waals surface area (Å²) in [6.45, 7) is 2.68. The van der Waals surface area contributed by atoms with Gasteiger partial charge in [-0.1, -0.05) is 0 Å². The summed E-state index contributed by atoms with van der Waals surface area (Å²) in [5.41, 5.74) is 40.8. The van der Waals surface area contributed by atoms with Crippen molar-refractivity contribution in [1.29, 1.82) is 0 Å². The van der Waals surface area contributed by atoms with Crippen LogP contribution in [0.15, 0.2) is 0 Å². The maximum absolute atomic E-state index is 5.51. The van der Waals surface area contributed by atoms with E-state index in [2.05, 4.69) is 0 Å². The quantitative estimate of drug-likeness (QED) is 0.214. The van der Waals surface area contributed by atoms with Crippen molar-refractivity contribution in [3.8, 4) is 0 Å². The number of nitrogens with two attached hydrogens (primary N) is 8. The fraction of sp³-hybridized carbons (Fsp3) is 1.00. The first-order valence-electron chi connectivity index (χ1n) is 4.22. The van der Waals surface area contributed by atoms with Gasteiger partial charge >= 0.3 is 0 Å². The Hall–Kier alpha value is -0.360. The molecule has 0 atom stereocenters. The van der Waals surface area contributed by atoms with Crippen LogP contribution < -0.4 is 45.9 Å². The lowest BCUT2D eigenvalue weighted by Crippen LogP contribution is -2.84. The third kappa shape index (κ3) is 3.31. The average Bonchev–Trinajstić information content (AvgIpc) is 1.77. The Kier molecular flexibility index (Phi) is 3.50. The highest BCUT2D eigenvalue weighted by Crippen LogP contribution is 2.16. The highest BCUT2D eigenvalue weighted by Gasteiger charge is 2.48. The molecule has 0 spiro atoms. The maximum atomic E-state index is 5.51. The average molecular weight is 222 g/mol. The molecule has 0 heterocycles. The van der Waals surface area contributed by atoms with Gasteiger partial charge in [0.15, 0.2) is 0 Å². The molecule has 9 heteroatoms. The summed E-state index contributed by atoms with van der Waals surface area (Å²) in [6.07, 6.45) is 0. The van der Waals surface area contributed by atoms with E-state index in [-0.39, 0.29) is 0 Å². The molecule has 92 valence electrons. The van der Waals surface area contributed by atoms with Crippen molar-refractivity contribution in [2.75, 3.05) is 0 Å². The van der Waals surface area contributed by atoms with Crippen LogP contribution in [0, 0.1) is 0 Å². The second-order valence-corrected chi connectivity index (χ2v) is 4.25. The molecule has 9 nitrogen and oxygen atoms in total. The van der Waals surface area contributed by atoms with E-state index in [1.807, 2.05) is 0 Å². The van der Waals surface area contributed by atoms with Crippen LogP contribution in [-0.2, 0) is 4.74 Å². The second-order valence-electron chi connectivity index (χ2n) is 4.25. The van der Waals surface area contributed by atoms with Gasteiger partial charge < -0.3 is 27.7 Å². The molecule has 0 aliphatic rings. The Morgan fingerprint density at radius 1 is 0.600 bits per heavy atom. The van der Waals surface area contributed by atoms with Crippen molar-refractivity contribution in [2.45, 2.75) is 36.9 Å². The molecule has 0 aromatic carbocycles. The zero-order valence-electron chi connectivity index (χ0n) is 9.03. The van der Waals surface area contributed by atoms with Gasteiger partial charge in [-0.25, -0.2) is 0 Å². The topological polar surface area (TPSA) is 217 Å². The summed E-state index contributed by atoms with van der Waals surface area (Å²) in [5, 5.41) is 0. The summed E-state index contributed by atoms with van der Waals surface area (Å²) >= 11 is 0. The first-order valence-corrected chi connectivity index (χ1v) is 4.22. The van der Waals surface area contributed by atoms with E-state index in [0.717, 1.165) is 0 Å². The van der Waals surface area contributed by atoms with Crippen molar-refractivity contribution in [2.24, 2.45) is 45.9 Å². The predicted octanol–water partition coefficient (Wildman–Crippen LogP) is -4.59. The molecule has 0 aromatic rings. The smallest absolute Gasteiger partial charge is 0.204 e. The molecule has 0 aliphatic heterocycles. The van der Waals surface area contributed by atoms with Gasteiger partial charge in [-0.3, -0.25) is 22.9 Å². The zero-order valence-corrected chi connectivity index (χ0v) is 9.03. The van der Waals surface area contributed by atoms with Crippen LogP contribution in [0.1, 0.15) is 13.8 Å². The molecule has 16 N–H and O–H groups in total. The molecule has 0 aromatic heterocycles. The lowest BCUT2D eigenvalue weighted by Gasteiger charge is -2.46. The van der Waals surface area contributed by atoms with Crippen LogP contribution in [-0.4, -0.2) is 23.0 Å². The van der Waals surface area contributed by atoms with Gasteiger partial charge in [0.1, 0.15) is 11.3 Å². The van der Waals surface area contributed by atoms with Crippen molar-refractivity contribution in [3.63, 3.8) is 0 Å². The monoisotopic (exact) mass is 222 g/mol. The largest absolute Gasteiger partial charge is 0.309 e. The van der Waals surface area contributed by atoms with Gasteiger partial charge in [0.25, 0.3) is 0 Å². The summed E-state index contributed by atoms with van der Waals surface area (Å²) < 4.78 is 4.97. The predicted molar refractivity (Wildman–Crippen MR) is 56.9 cm³/mol. The van der Waals surface area contributed by atoms with Crippen molar-refractivity contribution in [3.05, 3.63) is 0 Å². The van der Waals surface area contributed by atoms with E-state index in [0.29, 0.717) is 0 Å². The van der Waals surface area contributed by atoms with Crippen LogP contribution in [0.25, 0.3) is 0 Å². The van der Waals surface area contributed by atoms with Gasteiger partial charge in [-0.05, 0) is 13.8 Å². The number of hydrogen-bond donors (Lipinski definition) is 8. The van der Waals surface area contributed by atoms with E-state index in [4.69, 9.17) is 50.6 Å². The number of hydrogen-bond acceptors (Lipinski definition) is 9. The lowest BCUT2D eigenvalue weighted by molar-refractivity contribution is -0.202. The van der Waals surface area contributed by atoms with Crippen LogP contribution in [0.3, 0.4) is 0 Å². The molecule has 0 saturated heterocycles. The molecule has 0 unspecified atom stereocenters. The van der Waals surface area contributed by atoms with E-state index >= 15 is 0 Å². The van der Waals surface area contributed by atoms with Crippen LogP contribution >= 0.6 is 0 Å². The van der Waals surface area contributed by atoms with Gasteiger partial charge in [0.05, 0.1) is 0 Å². The van der Waals surface area contributed by atoms with Crippen molar-refractivity contribution in [1.82, 2.24) is 0 Å². The highest BCUT2D eigenvalue weighted by molar-refractivity contribution is 4.95. The summed E-state index contributed by atoms with van der Waals surface area (Å²) in [6, 6.07) is 0. The molecule has 15 heavy (non-hydrogen) atoms. The Bertz CT molecular complexity index is 200. The van der Waals surface area contributed by atoms with Gasteiger partial charge in [-0.2, -0.15) is 0 Å². The van der Waals surface area contributed by atoms with Crippen LogP contribution in [0.2, 0.25) is 0 Å². The molecular formula is C6H22N8O. The van der Waals surface area contributed by atoms with E-state index in [1.165, 1.54) is 13.8 Å². The molecule has 0 aliphatic carbocycles. The fourth-order valence-corrected chi connectivity index (χ4v) is 0.499. The molecular weight excluding hydrogens is 200 g/mol. The Morgan fingerprint density at radius 2 is 0.800 bits per heavy atom. The Balaban J connectivity index is 4.89. The van der Waals surface area contributed by atoms with Gasteiger partial charge in [-0.15, -0.1) is 0 Å². The van der Waals surface area contributed by atoms with Gasteiger partial charge in [0, 0.05) is 0 Å². The molecule has 0 bridgehead atoms. The first kappa shape index (κ1) is 14.6. The summed E-state index contributed by atoms with van der Waals surface area (Å²) in [4.78, 5) is 0. The van der Waals surface area contributed by atoms with Crippen LogP contribution in [0.5, 0.6) is 0 Å². The Labute approximate surface area is 88.4 Å². The minimum absolute atomic E-state index is 1.34. The third-order valence-electron chi connectivity index (χ3n) is 2.02. The van der Waals surface area contributed by atoms with Gasteiger partial charge in [0.2, 0.25) is 11.7 Å². The molecule has 0 fully saturated rings. The number of rotatable bonds is 4. The van der Waals surface area contributed by atoms with E-state index in [9.17, 15) is 0 Å². The van der Waals surface area contributed by atoms with Crippen molar-refractivity contribution >= 4 is 0 Å². The molecule has 0 rings (SSSR count). The van der Waals surface area contributed by atoms with E-state index < -0.39 is 23.0 Å². The standard InChI is InChI=1S/C6H22N8O/c1-3(7,8)5(11,12)15-6(13,14)4(2,9)10/h7-14H2,1-2H3. The minimum Gasteiger partial charge on any atom is -0.309 e. The second kappa shape index (κ2) is 3.59. The summed E-state index contributed by atoms with van der Waals surface area (Å²) in [7, 11) is 0. The number of ether oxygens (including phenoxy) is 1. The molecule has 0 radical (unpaired) electrons. The fourth-order valence-electron chi connectivity index (χ4n) is 0.499. The van der Waals surface area contributed by atoms with Crippen molar-refractivity contribution < 1.29 is 4.74 Å². The normalized spacial score (nSPS) is 15.6. The molecule has 0 saturated carbocycles. The maximum Gasteiger partial charge on any atom is 0.204 e. The van der Waals surface area contributed by atoms with E-state index in [1.54, 1.807) is 0 Å².